The SMILES string of the molecule is CCCC(C)c1cc(F)cnc1NC(=O)NOC. The number of carbonyl (C=O) groups is 1. The third-order valence-electron chi connectivity index (χ3n) is 2.56. The van der Waals surface area contributed by atoms with Gasteiger partial charge in [-0.15, -0.1) is 0 Å². The molecular formula is C12H18FN3O2. The monoisotopic (exact) mass is 255 g/mol. The van der Waals surface area contributed by atoms with Crippen LogP contribution in [0.4, 0.5) is 15.0 Å². The fourth-order valence-electron chi connectivity index (χ4n) is 1.75. The van der Waals surface area contributed by atoms with Gasteiger partial charge < -0.3 is 0 Å². The summed E-state index contributed by atoms with van der Waals surface area (Å²) in [6, 6.07) is 0.858. The molecule has 0 aromatic carbocycles. The predicted octanol–water partition coefficient (Wildman–Crippen LogP) is 2.81. The van der Waals surface area contributed by atoms with E-state index in [1.54, 1.807) is 0 Å². The second-order valence-corrected chi connectivity index (χ2v) is 4.04. The number of hydrogen-bond acceptors (Lipinski definition) is 3. The van der Waals surface area contributed by atoms with Crippen LogP contribution >= 0.6 is 0 Å². The van der Waals surface area contributed by atoms with Gasteiger partial charge in [0.05, 0.1) is 13.3 Å². The van der Waals surface area contributed by atoms with Gasteiger partial charge in [0.2, 0.25) is 0 Å². The molecule has 0 aliphatic rings. The minimum Gasteiger partial charge on any atom is -0.290 e. The van der Waals surface area contributed by atoms with Crippen molar-refractivity contribution in [3.63, 3.8) is 0 Å². The maximum absolute atomic E-state index is 13.2. The Labute approximate surface area is 106 Å². The Morgan fingerprint density at radius 3 is 2.94 bits per heavy atom. The molecule has 0 spiro atoms. The van der Waals surface area contributed by atoms with Gasteiger partial charge in [-0.2, -0.15) is 0 Å². The van der Waals surface area contributed by atoms with Gasteiger partial charge in [0.15, 0.2) is 0 Å². The van der Waals surface area contributed by atoms with Gasteiger partial charge >= 0.3 is 6.03 Å². The van der Waals surface area contributed by atoms with E-state index in [1.807, 2.05) is 13.8 Å². The number of amides is 2. The molecule has 0 fully saturated rings. The van der Waals surface area contributed by atoms with E-state index in [-0.39, 0.29) is 5.92 Å². The van der Waals surface area contributed by atoms with Crippen molar-refractivity contribution in [3.05, 3.63) is 23.6 Å². The molecule has 0 bridgehead atoms. The second kappa shape index (κ2) is 6.90. The lowest BCUT2D eigenvalue weighted by atomic mass is 9.97. The van der Waals surface area contributed by atoms with Gasteiger partial charge in [0.25, 0.3) is 0 Å². The summed E-state index contributed by atoms with van der Waals surface area (Å²) in [6.45, 7) is 4.02. The van der Waals surface area contributed by atoms with E-state index in [4.69, 9.17) is 0 Å². The Balaban J connectivity index is 2.92. The summed E-state index contributed by atoms with van der Waals surface area (Å²) in [5.41, 5.74) is 2.81. The lowest BCUT2D eigenvalue weighted by molar-refractivity contribution is 0.114. The summed E-state index contributed by atoms with van der Waals surface area (Å²) in [6.07, 6.45) is 2.94. The predicted molar refractivity (Wildman–Crippen MR) is 66.7 cm³/mol. The number of anilines is 1. The van der Waals surface area contributed by atoms with Crippen LogP contribution in [0.5, 0.6) is 0 Å². The molecule has 0 aliphatic carbocycles. The van der Waals surface area contributed by atoms with Crippen molar-refractivity contribution in [1.29, 1.82) is 0 Å². The molecule has 6 heteroatoms. The van der Waals surface area contributed by atoms with E-state index < -0.39 is 11.8 Å². The average Bonchev–Trinajstić information content (AvgIpc) is 2.32. The van der Waals surface area contributed by atoms with E-state index in [0.29, 0.717) is 11.4 Å². The molecule has 2 N–H and O–H groups in total. The number of halogens is 1. The maximum Gasteiger partial charge on any atom is 0.344 e. The van der Waals surface area contributed by atoms with Crippen molar-refractivity contribution in [3.8, 4) is 0 Å². The van der Waals surface area contributed by atoms with Crippen molar-refractivity contribution in [2.75, 3.05) is 12.4 Å². The molecule has 1 atom stereocenters. The van der Waals surface area contributed by atoms with Crippen LogP contribution in [0.15, 0.2) is 12.3 Å². The number of rotatable bonds is 5. The van der Waals surface area contributed by atoms with E-state index in [1.165, 1.54) is 13.2 Å². The molecule has 0 saturated heterocycles. The highest BCUT2D eigenvalue weighted by atomic mass is 19.1. The number of urea groups is 1. The standard InChI is InChI=1S/C12H18FN3O2/c1-4-5-8(2)10-6-9(13)7-14-11(10)15-12(17)16-18-3/h6-8H,4-5H2,1-3H3,(H2,14,15,16,17). The van der Waals surface area contributed by atoms with Crippen LogP contribution in [-0.2, 0) is 4.84 Å². The molecule has 100 valence electrons. The summed E-state index contributed by atoms with van der Waals surface area (Å²) in [7, 11) is 1.33. The van der Waals surface area contributed by atoms with E-state index in [2.05, 4.69) is 20.6 Å². The molecule has 0 saturated carbocycles. The number of carbonyl (C=O) groups excluding carboxylic acids is 1. The van der Waals surface area contributed by atoms with Crippen LogP contribution in [0.1, 0.15) is 38.2 Å². The van der Waals surface area contributed by atoms with Crippen LogP contribution in [0, 0.1) is 5.82 Å². The molecule has 18 heavy (non-hydrogen) atoms. The zero-order chi connectivity index (χ0) is 13.5. The molecule has 1 aromatic rings. The first-order valence-corrected chi connectivity index (χ1v) is 5.83. The molecule has 0 aliphatic heterocycles. The average molecular weight is 255 g/mol. The van der Waals surface area contributed by atoms with Gasteiger partial charge in [-0.1, -0.05) is 20.3 Å². The van der Waals surface area contributed by atoms with Gasteiger partial charge in [-0.3, -0.25) is 10.2 Å². The van der Waals surface area contributed by atoms with Crippen molar-refractivity contribution in [2.24, 2.45) is 0 Å². The van der Waals surface area contributed by atoms with Crippen molar-refractivity contribution >= 4 is 11.8 Å². The molecule has 1 unspecified atom stereocenters. The van der Waals surface area contributed by atoms with Gasteiger partial charge in [0, 0.05) is 5.56 Å². The summed E-state index contributed by atoms with van der Waals surface area (Å²) >= 11 is 0. The lowest BCUT2D eigenvalue weighted by Crippen LogP contribution is -2.28. The number of nitrogens with zero attached hydrogens (tertiary/aromatic N) is 1. The van der Waals surface area contributed by atoms with E-state index in [9.17, 15) is 9.18 Å². The molecule has 1 rings (SSSR count). The van der Waals surface area contributed by atoms with Crippen LogP contribution < -0.4 is 10.8 Å². The molecular weight excluding hydrogens is 237 g/mol. The Morgan fingerprint density at radius 1 is 1.61 bits per heavy atom. The number of aromatic nitrogens is 1. The minimum atomic E-state index is -0.540. The van der Waals surface area contributed by atoms with Gasteiger partial charge in [0.1, 0.15) is 11.6 Å². The van der Waals surface area contributed by atoms with Crippen LogP contribution in [0.25, 0.3) is 0 Å². The first kappa shape index (κ1) is 14.4. The lowest BCUT2D eigenvalue weighted by Gasteiger charge is -2.15. The Hall–Kier alpha value is -1.69. The Morgan fingerprint density at radius 2 is 2.33 bits per heavy atom. The smallest absolute Gasteiger partial charge is 0.290 e. The highest BCUT2D eigenvalue weighted by molar-refractivity contribution is 5.88. The van der Waals surface area contributed by atoms with Crippen LogP contribution in [-0.4, -0.2) is 18.1 Å². The number of nitrogens with one attached hydrogen (secondary N) is 2. The van der Waals surface area contributed by atoms with Crippen molar-refractivity contribution in [2.45, 2.75) is 32.6 Å². The quantitative estimate of drug-likeness (QED) is 0.795. The molecule has 2 amide bonds. The van der Waals surface area contributed by atoms with Crippen LogP contribution in [0.3, 0.4) is 0 Å². The van der Waals surface area contributed by atoms with E-state index in [0.717, 1.165) is 19.0 Å². The first-order valence-electron chi connectivity index (χ1n) is 5.83. The normalized spacial score (nSPS) is 12.0. The number of hydrogen-bond donors (Lipinski definition) is 2. The fraction of sp³-hybridized carbons (Fsp3) is 0.500. The first-order chi connectivity index (χ1) is 8.58. The molecule has 5 nitrogen and oxygen atoms in total. The summed E-state index contributed by atoms with van der Waals surface area (Å²) < 4.78 is 13.2. The second-order valence-electron chi connectivity index (χ2n) is 4.04. The third-order valence-corrected chi connectivity index (χ3v) is 2.56. The summed E-state index contributed by atoms with van der Waals surface area (Å²) in [4.78, 5) is 19.7. The topological polar surface area (TPSA) is 63.2 Å². The van der Waals surface area contributed by atoms with Crippen LogP contribution in [0.2, 0.25) is 0 Å². The Kier molecular flexibility index (Phi) is 5.51. The number of pyridine rings is 1. The zero-order valence-corrected chi connectivity index (χ0v) is 10.8. The fourth-order valence-corrected chi connectivity index (χ4v) is 1.75. The third kappa shape index (κ3) is 3.96. The minimum absolute atomic E-state index is 0.121. The van der Waals surface area contributed by atoms with Gasteiger partial charge in [-0.05, 0) is 18.4 Å². The zero-order valence-electron chi connectivity index (χ0n) is 10.8. The maximum atomic E-state index is 13.2. The summed E-state index contributed by atoms with van der Waals surface area (Å²) in [5, 5.41) is 2.53. The highest BCUT2D eigenvalue weighted by Crippen LogP contribution is 2.26. The molecule has 1 aromatic heterocycles. The van der Waals surface area contributed by atoms with Gasteiger partial charge in [-0.25, -0.2) is 19.6 Å². The highest BCUT2D eigenvalue weighted by Gasteiger charge is 2.14. The summed E-state index contributed by atoms with van der Waals surface area (Å²) in [5.74, 6) is 0.0635. The largest absolute Gasteiger partial charge is 0.344 e. The molecule has 1 heterocycles. The Bertz CT molecular complexity index is 412. The molecule has 0 radical (unpaired) electrons. The van der Waals surface area contributed by atoms with Crippen molar-refractivity contribution in [1.82, 2.24) is 10.5 Å². The number of hydroxylamine groups is 1. The van der Waals surface area contributed by atoms with Crippen molar-refractivity contribution < 1.29 is 14.0 Å². The van der Waals surface area contributed by atoms with E-state index >= 15 is 0 Å².